The van der Waals surface area contributed by atoms with Crippen LogP contribution in [0.2, 0.25) is 0 Å². The number of carbonyl (C=O) groups is 1. The second-order valence-electron chi connectivity index (χ2n) is 4.94. The molecule has 114 valence electrons. The van der Waals surface area contributed by atoms with Crippen molar-refractivity contribution in [2.75, 3.05) is 13.7 Å². The van der Waals surface area contributed by atoms with Crippen LogP contribution in [-0.2, 0) is 11.2 Å². The summed E-state index contributed by atoms with van der Waals surface area (Å²) in [5.74, 6) is 1.41. The lowest BCUT2D eigenvalue weighted by Crippen LogP contribution is -2.03. The molecule has 2 aromatic rings. The molecule has 0 spiro atoms. The van der Waals surface area contributed by atoms with Gasteiger partial charge in [-0.2, -0.15) is 0 Å². The molecule has 0 amide bonds. The molecule has 2 rings (SSSR count). The summed E-state index contributed by atoms with van der Waals surface area (Å²) in [5.41, 5.74) is 0. The van der Waals surface area contributed by atoms with Gasteiger partial charge in [-0.1, -0.05) is 19.8 Å². The monoisotopic (exact) mass is 290 g/mol. The molecule has 1 aromatic heterocycles. The Labute approximate surface area is 125 Å². The molecule has 4 nitrogen and oxygen atoms in total. The third-order valence-electron chi connectivity index (χ3n) is 3.47. The number of rotatable bonds is 7. The second-order valence-corrected chi connectivity index (χ2v) is 4.94. The number of hydrogen-bond acceptors (Lipinski definition) is 4. The van der Waals surface area contributed by atoms with E-state index in [0.717, 1.165) is 42.2 Å². The Bertz CT molecular complexity index is 613. The van der Waals surface area contributed by atoms with E-state index in [1.165, 1.54) is 0 Å². The maximum absolute atomic E-state index is 12.0. The van der Waals surface area contributed by atoms with Crippen molar-refractivity contribution >= 4 is 16.7 Å². The highest BCUT2D eigenvalue weighted by Crippen LogP contribution is 2.31. The van der Waals surface area contributed by atoms with E-state index in [1.54, 1.807) is 14.0 Å². The number of aryl methyl sites for hydroxylation is 1. The van der Waals surface area contributed by atoms with E-state index in [1.807, 2.05) is 18.2 Å². The van der Waals surface area contributed by atoms with Gasteiger partial charge in [-0.3, -0.25) is 0 Å². The number of methoxy groups -OCH3 is 1. The van der Waals surface area contributed by atoms with Gasteiger partial charge in [0.2, 0.25) is 5.76 Å². The number of fused-ring (bicyclic) bond motifs is 1. The predicted octanol–water partition coefficient (Wildman–Crippen LogP) is 4.35. The van der Waals surface area contributed by atoms with Gasteiger partial charge in [0.25, 0.3) is 0 Å². The summed E-state index contributed by atoms with van der Waals surface area (Å²) >= 11 is 0. The van der Waals surface area contributed by atoms with E-state index in [0.29, 0.717) is 12.4 Å². The van der Waals surface area contributed by atoms with Gasteiger partial charge in [0.15, 0.2) is 0 Å². The van der Waals surface area contributed by atoms with Crippen LogP contribution < -0.4 is 4.74 Å². The first kappa shape index (κ1) is 15.4. The molecule has 0 radical (unpaired) electrons. The van der Waals surface area contributed by atoms with Crippen LogP contribution in [0.4, 0.5) is 0 Å². The molecule has 0 aliphatic heterocycles. The Morgan fingerprint density at radius 1 is 1.19 bits per heavy atom. The van der Waals surface area contributed by atoms with Crippen LogP contribution in [-0.4, -0.2) is 19.7 Å². The topological polar surface area (TPSA) is 48.7 Å². The van der Waals surface area contributed by atoms with Crippen molar-refractivity contribution in [1.29, 1.82) is 0 Å². The zero-order valence-electron chi connectivity index (χ0n) is 12.9. The Hall–Kier alpha value is -1.97. The third-order valence-corrected chi connectivity index (χ3v) is 3.47. The molecule has 1 heterocycles. The summed E-state index contributed by atoms with van der Waals surface area (Å²) in [4.78, 5) is 12.0. The first-order valence-corrected chi connectivity index (χ1v) is 7.47. The van der Waals surface area contributed by atoms with E-state index in [9.17, 15) is 4.79 Å². The molecule has 0 bridgehead atoms. The molecule has 0 saturated heterocycles. The normalized spacial score (nSPS) is 10.8. The molecule has 0 aliphatic carbocycles. The number of esters is 1. The van der Waals surface area contributed by atoms with Gasteiger partial charge >= 0.3 is 5.97 Å². The van der Waals surface area contributed by atoms with Gasteiger partial charge in [0.1, 0.15) is 11.5 Å². The van der Waals surface area contributed by atoms with Crippen molar-refractivity contribution in [1.82, 2.24) is 0 Å². The van der Waals surface area contributed by atoms with Gasteiger partial charge < -0.3 is 13.9 Å². The van der Waals surface area contributed by atoms with Crippen LogP contribution in [0.25, 0.3) is 10.8 Å². The Balaban J connectivity index is 2.42. The molecule has 0 saturated carbocycles. The fraction of sp³-hybridized carbons (Fsp3) is 0.471. The van der Waals surface area contributed by atoms with Crippen molar-refractivity contribution in [3.63, 3.8) is 0 Å². The number of hydrogen-bond donors (Lipinski definition) is 0. The minimum atomic E-state index is -0.419. The van der Waals surface area contributed by atoms with Crippen LogP contribution in [0, 0.1) is 0 Å². The number of furan rings is 1. The van der Waals surface area contributed by atoms with Crippen molar-refractivity contribution in [2.45, 2.75) is 39.5 Å². The lowest BCUT2D eigenvalue weighted by Gasteiger charge is -2.00. The highest BCUT2D eigenvalue weighted by Gasteiger charge is 2.20. The Morgan fingerprint density at radius 3 is 2.67 bits per heavy atom. The Kier molecular flexibility index (Phi) is 5.26. The van der Waals surface area contributed by atoms with Crippen molar-refractivity contribution < 1.29 is 18.7 Å². The summed E-state index contributed by atoms with van der Waals surface area (Å²) < 4.78 is 16.1. The fourth-order valence-electron chi connectivity index (χ4n) is 2.38. The zero-order chi connectivity index (χ0) is 15.2. The van der Waals surface area contributed by atoms with E-state index in [4.69, 9.17) is 13.9 Å². The van der Waals surface area contributed by atoms with Crippen LogP contribution in [0.5, 0.6) is 5.75 Å². The number of unbranched alkanes of at least 4 members (excludes halogenated alkanes) is 2. The van der Waals surface area contributed by atoms with Crippen molar-refractivity contribution in [2.24, 2.45) is 0 Å². The summed E-state index contributed by atoms with van der Waals surface area (Å²) in [7, 11) is 1.60. The van der Waals surface area contributed by atoms with Gasteiger partial charge in [-0.15, -0.1) is 0 Å². The first-order valence-electron chi connectivity index (χ1n) is 7.47. The van der Waals surface area contributed by atoms with E-state index in [-0.39, 0.29) is 5.76 Å². The van der Waals surface area contributed by atoms with Crippen LogP contribution in [0.1, 0.15) is 49.4 Å². The lowest BCUT2D eigenvalue weighted by atomic mass is 10.1. The summed E-state index contributed by atoms with van der Waals surface area (Å²) in [6, 6.07) is 5.66. The Morgan fingerprint density at radius 2 is 2.00 bits per heavy atom. The second kappa shape index (κ2) is 7.16. The molecule has 0 aliphatic rings. The minimum Gasteiger partial charge on any atom is -0.497 e. The molecule has 0 unspecified atom stereocenters. The largest absolute Gasteiger partial charge is 0.497 e. The first-order chi connectivity index (χ1) is 10.2. The van der Waals surface area contributed by atoms with Gasteiger partial charge in [0, 0.05) is 17.2 Å². The smallest absolute Gasteiger partial charge is 0.374 e. The molecule has 21 heavy (non-hydrogen) atoms. The maximum Gasteiger partial charge on any atom is 0.374 e. The number of ether oxygens (including phenoxy) is 2. The van der Waals surface area contributed by atoms with E-state index in [2.05, 4.69) is 6.92 Å². The highest BCUT2D eigenvalue weighted by molar-refractivity contribution is 6.03. The maximum atomic E-state index is 12.0. The standard InChI is InChI=1S/C17H22O4/c1-4-6-7-8-15-13-10-9-12(19-3)11-14(13)16(21-15)17(18)20-5-2/h9-11H,4-8H2,1-3H3. The fourth-order valence-corrected chi connectivity index (χ4v) is 2.38. The molecule has 0 atom stereocenters. The predicted molar refractivity (Wildman–Crippen MR) is 82.0 cm³/mol. The van der Waals surface area contributed by atoms with E-state index >= 15 is 0 Å². The molecule has 4 heteroatoms. The van der Waals surface area contributed by atoms with Crippen LogP contribution >= 0.6 is 0 Å². The van der Waals surface area contributed by atoms with E-state index < -0.39 is 5.97 Å². The third kappa shape index (κ3) is 3.38. The summed E-state index contributed by atoms with van der Waals surface area (Å²) in [6.07, 6.45) is 4.17. The lowest BCUT2D eigenvalue weighted by molar-refractivity contribution is 0.0491. The quantitative estimate of drug-likeness (QED) is 0.562. The zero-order valence-corrected chi connectivity index (χ0v) is 12.9. The molecular formula is C17H22O4. The van der Waals surface area contributed by atoms with Crippen molar-refractivity contribution in [3.8, 4) is 5.75 Å². The van der Waals surface area contributed by atoms with Gasteiger partial charge in [-0.25, -0.2) is 4.79 Å². The SMILES string of the molecule is CCCCCc1oc(C(=O)OCC)c2cc(OC)ccc12. The highest BCUT2D eigenvalue weighted by atomic mass is 16.5. The summed E-state index contributed by atoms with van der Waals surface area (Å²) in [5, 5.41) is 1.73. The molecular weight excluding hydrogens is 268 g/mol. The molecule has 0 N–H and O–H groups in total. The van der Waals surface area contributed by atoms with Crippen LogP contribution in [0.3, 0.4) is 0 Å². The number of carbonyl (C=O) groups excluding carboxylic acids is 1. The van der Waals surface area contributed by atoms with Gasteiger partial charge in [0.05, 0.1) is 13.7 Å². The summed E-state index contributed by atoms with van der Waals surface area (Å²) in [6.45, 7) is 4.27. The van der Waals surface area contributed by atoms with Crippen LogP contribution in [0.15, 0.2) is 22.6 Å². The average Bonchev–Trinajstić information content (AvgIpc) is 2.86. The van der Waals surface area contributed by atoms with Crippen molar-refractivity contribution in [3.05, 3.63) is 29.7 Å². The molecule has 1 aromatic carbocycles. The average molecular weight is 290 g/mol. The minimum absolute atomic E-state index is 0.275. The van der Waals surface area contributed by atoms with Gasteiger partial charge in [-0.05, 0) is 31.5 Å². The molecule has 0 fully saturated rings. The number of benzene rings is 1.